The predicted octanol–water partition coefficient (Wildman–Crippen LogP) is 8.35. The molecule has 274 valence electrons. The van der Waals surface area contributed by atoms with Crippen molar-refractivity contribution < 1.29 is 35.9 Å². The molecule has 1 aliphatic heterocycles. The molecule has 1 saturated heterocycles. The van der Waals surface area contributed by atoms with Crippen LogP contribution in [-0.2, 0) is 17.8 Å². The van der Waals surface area contributed by atoms with Crippen molar-refractivity contribution in [3.63, 3.8) is 0 Å². The first kappa shape index (κ1) is 38.0. The molecule has 17 heteroatoms. The number of benzene rings is 2. The fourth-order valence-corrected chi connectivity index (χ4v) is 6.09. The number of nitrogens with zero attached hydrogens (tertiary/aromatic N) is 3. The molecule has 0 bridgehead atoms. The van der Waals surface area contributed by atoms with E-state index in [2.05, 4.69) is 30.9 Å². The van der Waals surface area contributed by atoms with Crippen LogP contribution in [0.5, 0.6) is 0 Å². The summed E-state index contributed by atoms with van der Waals surface area (Å²) >= 11 is 13.1. The van der Waals surface area contributed by atoms with Gasteiger partial charge in [-0.2, -0.15) is 31.3 Å². The average Bonchev–Trinajstić information content (AvgIpc) is 3.46. The van der Waals surface area contributed by atoms with Crippen LogP contribution in [0.1, 0.15) is 55.1 Å². The summed E-state index contributed by atoms with van der Waals surface area (Å²) < 4.78 is 82.9. The lowest BCUT2D eigenvalue weighted by atomic mass is 9.95. The summed E-state index contributed by atoms with van der Waals surface area (Å²) in [6.45, 7) is 5.10. The van der Waals surface area contributed by atoms with Gasteiger partial charge in [-0.1, -0.05) is 80.4 Å². The normalized spacial score (nSPS) is 15.2. The van der Waals surface area contributed by atoms with Gasteiger partial charge in [0.2, 0.25) is 11.9 Å². The number of carbonyl (C=O) groups is 2. The van der Waals surface area contributed by atoms with Crippen molar-refractivity contribution >= 4 is 63.6 Å². The molecule has 2 aromatic carbocycles. The lowest BCUT2D eigenvalue weighted by molar-refractivity contribution is -0.179. The van der Waals surface area contributed by atoms with Gasteiger partial charge in [-0.05, 0) is 36.1 Å². The summed E-state index contributed by atoms with van der Waals surface area (Å²) in [4.78, 5) is 39.3. The third-order valence-corrected chi connectivity index (χ3v) is 9.22. The minimum Gasteiger partial charge on any atom is -0.356 e. The lowest BCUT2D eigenvalue weighted by Gasteiger charge is -2.34. The number of H-pyrrole nitrogens is 1. The number of aromatic amines is 1. The predicted molar refractivity (Wildman–Crippen MR) is 183 cm³/mol. The number of carbonyl (C=O) groups excluding carboxylic acids is 2. The second-order valence-corrected chi connectivity index (χ2v) is 14.1. The first-order valence-electron chi connectivity index (χ1n) is 16.0. The molecule has 1 atom stereocenters. The first-order valence-corrected chi connectivity index (χ1v) is 16.7. The number of pyridine rings is 1. The Bertz CT molecular complexity index is 1890. The Hall–Kier alpha value is -4.24. The van der Waals surface area contributed by atoms with E-state index in [1.807, 2.05) is 0 Å². The van der Waals surface area contributed by atoms with Gasteiger partial charge in [0.05, 0.1) is 32.7 Å². The SMILES string of the molecule is CC(C)(C)C(=O)NCc1ccc(Cl)c(Nc2nc3nc(N4CCC(C(F)(F)F)CC4)c(C(=O)NC(Cc4ccccc4)C(F)(F)F)cc3[nH]2)c1Cl. The van der Waals surface area contributed by atoms with Crippen LogP contribution in [0.4, 0.5) is 43.8 Å². The molecule has 2 amide bonds. The summed E-state index contributed by atoms with van der Waals surface area (Å²) in [5.74, 6) is -2.94. The quantitative estimate of drug-likeness (QED) is 0.128. The second kappa shape index (κ2) is 14.8. The summed E-state index contributed by atoms with van der Waals surface area (Å²) in [7, 11) is 0. The van der Waals surface area contributed by atoms with Crippen LogP contribution in [0.15, 0.2) is 48.5 Å². The number of anilines is 3. The first-order chi connectivity index (χ1) is 23.8. The highest BCUT2D eigenvalue weighted by atomic mass is 35.5. The Labute approximate surface area is 299 Å². The molecule has 4 aromatic rings. The summed E-state index contributed by atoms with van der Waals surface area (Å²) in [5, 5.41) is 8.22. The number of piperidine rings is 1. The number of amides is 2. The molecule has 0 saturated carbocycles. The van der Waals surface area contributed by atoms with Gasteiger partial charge in [0.25, 0.3) is 5.91 Å². The zero-order chi connectivity index (χ0) is 37.3. The molecule has 1 fully saturated rings. The number of hydrogen-bond donors (Lipinski definition) is 4. The molecular weight excluding hydrogens is 723 g/mol. The average molecular weight is 759 g/mol. The summed E-state index contributed by atoms with van der Waals surface area (Å²) in [6.07, 6.45) is -10.4. The zero-order valence-electron chi connectivity index (χ0n) is 27.7. The number of rotatable bonds is 9. The maximum atomic E-state index is 14.2. The highest BCUT2D eigenvalue weighted by molar-refractivity contribution is 6.39. The number of fused-ring (bicyclic) bond motifs is 1. The molecule has 1 unspecified atom stereocenters. The van der Waals surface area contributed by atoms with Gasteiger partial charge < -0.3 is 25.8 Å². The van der Waals surface area contributed by atoms with Gasteiger partial charge in [-0.15, -0.1) is 0 Å². The van der Waals surface area contributed by atoms with Crippen LogP contribution in [-0.4, -0.2) is 58.3 Å². The highest BCUT2D eigenvalue weighted by Gasteiger charge is 2.43. The molecule has 0 aliphatic carbocycles. The fraction of sp³-hybridized carbons (Fsp3) is 0.412. The van der Waals surface area contributed by atoms with Gasteiger partial charge in [0.1, 0.15) is 11.9 Å². The van der Waals surface area contributed by atoms with E-state index in [1.54, 1.807) is 51.1 Å². The topological polar surface area (TPSA) is 115 Å². The van der Waals surface area contributed by atoms with E-state index in [0.717, 1.165) is 0 Å². The monoisotopic (exact) mass is 757 g/mol. The molecule has 1 aliphatic rings. The minimum atomic E-state index is -4.82. The fourth-order valence-electron chi connectivity index (χ4n) is 5.56. The van der Waals surface area contributed by atoms with Crippen molar-refractivity contribution in [1.29, 1.82) is 0 Å². The number of aromatic nitrogens is 3. The van der Waals surface area contributed by atoms with E-state index >= 15 is 0 Å². The Kier molecular flexibility index (Phi) is 11.0. The maximum absolute atomic E-state index is 14.2. The number of imidazole rings is 1. The van der Waals surface area contributed by atoms with Gasteiger partial charge in [-0.3, -0.25) is 9.59 Å². The molecule has 2 aromatic heterocycles. The van der Waals surface area contributed by atoms with Gasteiger partial charge >= 0.3 is 12.4 Å². The van der Waals surface area contributed by atoms with Crippen molar-refractivity contribution in [2.75, 3.05) is 23.3 Å². The summed E-state index contributed by atoms with van der Waals surface area (Å²) in [5.41, 5.74) is 0.349. The van der Waals surface area contributed by atoms with Crippen molar-refractivity contribution in [3.05, 3.63) is 75.3 Å². The van der Waals surface area contributed by atoms with Gasteiger partial charge in [0, 0.05) is 31.5 Å². The van der Waals surface area contributed by atoms with Gasteiger partial charge in [0.15, 0.2) is 5.65 Å². The summed E-state index contributed by atoms with van der Waals surface area (Å²) in [6, 6.07) is 10.0. The van der Waals surface area contributed by atoms with Crippen LogP contribution < -0.4 is 20.9 Å². The van der Waals surface area contributed by atoms with E-state index < -0.39 is 42.1 Å². The molecule has 5 rings (SSSR count). The third-order valence-electron chi connectivity index (χ3n) is 8.47. The number of hydrogen-bond acceptors (Lipinski definition) is 6. The van der Waals surface area contributed by atoms with Crippen LogP contribution in [0.3, 0.4) is 0 Å². The molecule has 9 nitrogen and oxygen atoms in total. The minimum absolute atomic E-state index is 0.0273. The van der Waals surface area contributed by atoms with Crippen molar-refractivity contribution in [2.24, 2.45) is 11.3 Å². The van der Waals surface area contributed by atoms with E-state index in [9.17, 15) is 35.9 Å². The van der Waals surface area contributed by atoms with Crippen molar-refractivity contribution in [1.82, 2.24) is 25.6 Å². The Morgan fingerprint density at radius 2 is 1.65 bits per heavy atom. The lowest BCUT2D eigenvalue weighted by Crippen LogP contribution is -2.47. The molecule has 3 heterocycles. The molecular formula is C34H35Cl2F6N7O2. The zero-order valence-corrected chi connectivity index (χ0v) is 29.2. The smallest absolute Gasteiger partial charge is 0.356 e. The molecule has 0 spiro atoms. The molecule has 51 heavy (non-hydrogen) atoms. The van der Waals surface area contributed by atoms with E-state index in [4.69, 9.17) is 23.2 Å². The standard InChI is InChI=1S/C34H35Cl2F6N7O2/c1-32(2,3)30(51)43-17-19-9-10-22(35)26(25(19)36)46-31-44-23-16-21(29(50)45-24(34(40,41)42)15-18-7-5-4-6-8-18)28(47-27(23)48-31)49-13-11-20(12-14-49)33(37,38)39/h4-10,16,20,24H,11-15,17H2,1-3H3,(H,43,51)(H,45,50)(H2,44,46,47,48). The maximum Gasteiger partial charge on any atom is 0.408 e. The van der Waals surface area contributed by atoms with Crippen LogP contribution >= 0.6 is 23.2 Å². The van der Waals surface area contributed by atoms with Gasteiger partial charge in [-0.25, -0.2) is 4.98 Å². The Balaban J connectivity index is 1.48. The van der Waals surface area contributed by atoms with Crippen LogP contribution in [0, 0.1) is 11.3 Å². The second-order valence-electron chi connectivity index (χ2n) is 13.3. The van der Waals surface area contributed by atoms with Crippen molar-refractivity contribution in [3.8, 4) is 0 Å². The largest absolute Gasteiger partial charge is 0.408 e. The third kappa shape index (κ3) is 9.17. The van der Waals surface area contributed by atoms with Crippen LogP contribution in [0.2, 0.25) is 10.0 Å². The number of alkyl halides is 6. The Morgan fingerprint density at radius 1 is 0.980 bits per heavy atom. The van der Waals surface area contributed by atoms with Crippen molar-refractivity contribution in [2.45, 2.75) is 65.0 Å². The number of nitrogens with one attached hydrogen (secondary N) is 4. The van der Waals surface area contributed by atoms with Crippen LogP contribution in [0.25, 0.3) is 11.2 Å². The highest BCUT2D eigenvalue weighted by Crippen LogP contribution is 2.38. The molecule has 4 N–H and O–H groups in total. The van der Waals surface area contributed by atoms with E-state index in [0.29, 0.717) is 11.1 Å². The Morgan fingerprint density at radius 3 is 2.25 bits per heavy atom. The number of halogens is 8. The van der Waals surface area contributed by atoms with E-state index in [1.165, 1.54) is 23.1 Å². The molecule has 0 radical (unpaired) electrons. The van der Waals surface area contributed by atoms with E-state index in [-0.39, 0.29) is 82.6 Å².